The summed E-state index contributed by atoms with van der Waals surface area (Å²) in [6, 6.07) is 0. The summed E-state index contributed by atoms with van der Waals surface area (Å²) in [4.78, 5) is 0. The first-order valence-corrected chi connectivity index (χ1v) is 4.47. The smallest absolute Gasteiger partial charge is 0.413 e. The summed E-state index contributed by atoms with van der Waals surface area (Å²) in [5, 5.41) is 0. The second kappa shape index (κ2) is 4.78. The van der Waals surface area contributed by atoms with Crippen molar-refractivity contribution in [2.75, 3.05) is 6.61 Å². The Balaban J connectivity index is 2.31. The number of rotatable bonds is 3. The minimum Gasteiger partial charge on any atom is -0.413 e. The second-order valence-corrected chi connectivity index (χ2v) is 3.06. The zero-order valence-corrected chi connectivity index (χ0v) is 7.38. The van der Waals surface area contributed by atoms with Gasteiger partial charge in [0.05, 0.1) is 0 Å². The Morgan fingerprint density at radius 3 is 2.91 bits per heavy atom. The lowest BCUT2D eigenvalue weighted by molar-refractivity contribution is 0.0204. The summed E-state index contributed by atoms with van der Waals surface area (Å²) in [5.41, 5.74) is 0. The van der Waals surface area contributed by atoms with Gasteiger partial charge < -0.3 is 9.31 Å². The molecule has 1 saturated heterocycles. The van der Waals surface area contributed by atoms with Crippen LogP contribution in [0.25, 0.3) is 0 Å². The molecular weight excluding hydrogens is 139 g/mol. The van der Waals surface area contributed by atoms with Gasteiger partial charge in [0.25, 0.3) is 0 Å². The summed E-state index contributed by atoms with van der Waals surface area (Å²) < 4.78 is 10.5. The van der Waals surface area contributed by atoms with E-state index in [2.05, 4.69) is 13.8 Å². The molecule has 2 atom stereocenters. The van der Waals surface area contributed by atoms with Crippen molar-refractivity contribution in [1.82, 2.24) is 0 Å². The summed E-state index contributed by atoms with van der Waals surface area (Å²) in [5.74, 6) is 0.597. The Morgan fingerprint density at radius 1 is 1.45 bits per heavy atom. The predicted octanol–water partition coefficient (Wildman–Crippen LogP) is 1.76. The van der Waals surface area contributed by atoms with Crippen molar-refractivity contribution >= 4 is 7.69 Å². The van der Waals surface area contributed by atoms with Crippen LogP contribution in [0.2, 0.25) is 0 Å². The fourth-order valence-corrected chi connectivity index (χ4v) is 1.46. The highest BCUT2D eigenvalue weighted by Crippen LogP contribution is 2.20. The van der Waals surface area contributed by atoms with E-state index in [4.69, 9.17) is 9.31 Å². The molecule has 2 nitrogen and oxygen atoms in total. The first kappa shape index (κ1) is 9.08. The number of hydrogen-bond donors (Lipinski definition) is 0. The quantitative estimate of drug-likeness (QED) is 0.578. The molecule has 0 N–H and O–H groups in total. The molecule has 0 aliphatic carbocycles. The van der Waals surface area contributed by atoms with Gasteiger partial charge in [0.2, 0.25) is 0 Å². The summed E-state index contributed by atoms with van der Waals surface area (Å²) >= 11 is 0. The molecule has 1 fully saturated rings. The first-order chi connectivity index (χ1) is 5.38. The maximum absolute atomic E-state index is 5.37. The van der Waals surface area contributed by atoms with Gasteiger partial charge in [-0.05, 0) is 12.8 Å². The molecule has 0 aromatic rings. The zero-order valence-electron chi connectivity index (χ0n) is 7.38. The van der Waals surface area contributed by atoms with Gasteiger partial charge in [-0.1, -0.05) is 20.3 Å². The molecule has 1 aliphatic heterocycles. The Morgan fingerprint density at radius 2 is 2.27 bits per heavy atom. The predicted molar refractivity (Wildman–Crippen MR) is 45.3 cm³/mol. The molecule has 0 spiro atoms. The van der Waals surface area contributed by atoms with Crippen molar-refractivity contribution in [2.24, 2.45) is 5.92 Å². The van der Waals surface area contributed by atoms with Crippen LogP contribution in [0.1, 0.15) is 33.1 Å². The van der Waals surface area contributed by atoms with Gasteiger partial charge in [-0.25, -0.2) is 0 Å². The molecule has 1 radical (unpaired) electrons. The minimum atomic E-state index is 0.402. The van der Waals surface area contributed by atoms with Crippen molar-refractivity contribution in [3.05, 3.63) is 0 Å². The normalized spacial score (nSPS) is 31.5. The number of hydrogen-bond acceptors (Lipinski definition) is 2. The standard InChI is InChI=1S/C8H16BO2/c1-3-5-8-7(4-2)6-10-9-11-8/h7-8H,3-6H2,1-2H3. The van der Waals surface area contributed by atoms with E-state index in [-0.39, 0.29) is 0 Å². The monoisotopic (exact) mass is 155 g/mol. The van der Waals surface area contributed by atoms with Gasteiger partial charge >= 0.3 is 7.69 Å². The van der Waals surface area contributed by atoms with E-state index in [1.807, 2.05) is 0 Å². The molecule has 1 aliphatic rings. The van der Waals surface area contributed by atoms with Crippen LogP contribution in [0, 0.1) is 5.92 Å². The average Bonchev–Trinajstić information content (AvgIpc) is 2.06. The molecule has 2 unspecified atom stereocenters. The molecule has 0 saturated carbocycles. The molecule has 0 aromatic carbocycles. The Labute approximate surface area is 69.6 Å². The van der Waals surface area contributed by atoms with Crippen molar-refractivity contribution in [2.45, 2.75) is 39.2 Å². The van der Waals surface area contributed by atoms with Gasteiger partial charge in [-0.15, -0.1) is 0 Å². The van der Waals surface area contributed by atoms with E-state index in [9.17, 15) is 0 Å². The van der Waals surface area contributed by atoms with Crippen LogP contribution in [-0.4, -0.2) is 20.4 Å². The molecule has 3 heteroatoms. The minimum absolute atomic E-state index is 0.402. The van der Waals surface area contributed by atoms with Crippen molar-refractivity contribution in [1.29, 1.82) is 0 Å². The van der Waals surface area contributed by atoms with Gasteiger partial charge in [0, 0.05) is 18.6 Å². The van der Waals surface area contributed by atoms with E-state index < -0.39 is 0 Å². The Bertz CT molecular complexity index is 106. The van der Waals surface area contributed by atoms with Gasteiger partial charge in [-0.3, -0.25) is 0 Å². The third kappa shape index (κ3) is 2.49. The fourth-order valence-electron chi connectivity index (χ4n) is 1.46. The van der Waals surface area contributed by atoms with Gasteiger partial charge in [0.15, 0.2) is 0 Å². The summed E-state index contributed by atoms with van der Waals surface area (Å²) in [7, 11) is 1.49. The SMILES string of the molecule is CCCC1O[B]OCC1CC. The van der Waals surface area contributed by atoms with E-state index in [1.54, 1.807) is 0 Å². The van der Waals surface area contributed by atoms with Crippen molar-refractivity contribution in [3.63, 3.8) is 0 Å². The van der Waals surface area contributed by atoms with Crippen LogP contribution < -0.4 is 0 Å². The summed E-state index contributed by atoms with van der Waals surface area (Å²) in [6.45, 7) is 5.21. The highest BCUT2D eigenvalue weighted by atomic mass is 16.6. The highest BCUT2D eigenvalue weighted by molar-refractivity contribution is 6.18. The second-order valence-electron chi connectivity index (χ2n) is 3.06. The lowest BCUT2D eigenvalue weighted by atomic mass is 9.94. The van der Waals surface area contributed by atoms with Crippen LogP contribution in [-0.2, 0) is 9.31 Å². The molecule has 1 heterocycles. The van der Waals surface area contributed by atoms with Crippen LogP contribution >= 0.6 is 0 Å². The van der Waals surface area contributed by atoms with E-state index in [0.717, 1.165) is 19.4 Å². The molecule has 11 heavy (non-hydrogen) atoms. The van der Waals surface area contributed by atoms with E-state index in [1.165, 1.54) is 14.1 Å². The topological polar surface area (TPSA) is 18.5 Å². The molecule has 0 bridgehead atoms. The largest absolute Gasteiger partial charge is 0.488 e. The molecular formula is C8H16BO2. The lowest BCUT2D eigenvalue weighted by Gasteiger charge is -2.30. The van der Waals surface area contributed by atoms with Crippen molar-refractivity contribution in [3.8, 4) is 0 Å². The fraction of sp³-hybridized carbons (Fsp3) is 1.00. The molecule has 1 rings (SSSR count). The third-order valence-electron chi connectivity index (χ3n) is 2.23. The van der Waals surface area contributed by atoms with Crippen LogP contribution in [0.15, 0.2) is 0 Å². The maximum Gasteiger partial charge on any atom is 0.488 e. The zero-order chi connectivity index (χ0) is 8.10. The molecule has 63 valence electrons. The van der Waals surface area contributed by atoms with Crippen LogP contribution in [0.3, 0.4) is 0 Å². The Kier molecular flexibility index (Phi) is 3.94. The maximum atomic E-state index is 5.37. The first-order valence-electron chi connectivity index (χ1n) is 4.47. The third-order valence-corrected chi connectivity index (χ3v) is 2.23. The lowest BCUT2D eigenvalue weighted by Crippen LogP contribution is -2.35. The highest BCUT2D eigenvalue weighted by Gasteiger charge is 2.24. The van der Waals surface area contributed by atoms with Crippen molar-refractivity contribution < 1.29 is 9.31 Å². The average molecular weight is 155 g/mol. The molecule has 0 aromatic heterocycles. The summed E-state index contributed by atoms with van der Waals surface area (Å²) in [6.07, 6.45) is 3.89. The van der Waals surface area contributed by atoms with Gasteiger partial charge in [-0.2, -0.15) is 0 Å². The Hall–Kier alpha value is -0.0151. The van der Waals surface area contributed by atoms with Crippen LogP contribution in [0.4, 0.5) is 0 Å². The van der Waals surface area contributed by atoms with E-state index >= 15 is 0 Å². The molecule has 0 amide bonds. The van der Waals surface area contributed by atoms with E-state index in [0.29, 0.717) is 12.0 Å². The van der Waals surface area contributed by atoms with Crippen LogP contribution in [0.5, 0.6) is 0 Å². The van der Waals surface area contributed by atoms with Gasteiger partial charge in [0.1, 0.15) is 0 Å².